The number of rotatable bonds is 5. The summed E-state index contributed by atoms with van der Waals surface area (Å²) in [6.07, 6.45) is 3.71. The van der Waals surface area contributed by atoms with Gasteiger partial charge in [-0.2, -0.15) is 5.26 Å². The van der Waals surface area contributed by atoms with E-state index >= 15 is 0 Å². The molecule has 51 heavy (non-hydrogen) atoms. The highest BCUT2D eigenvalue weighted by Crippen LogP contribution is 2.53. The number of hydrogen-bond acceptors (Lipinski definition) is 4. The van der Waals surface area contributed by atoms with Crippen molar-refractivity contribution in [2.75, 3.05) is 0 Å². The van der Waals surface area contributed by atoms with Crippen LogP contribution in [0, 0.1) is 11.3 Å². The smallest absolute Gasteiger partial charge is 0.160 e. The van der Waals surface area contributed by atoms with Gasteiger partial charge in [-0.25, -0.2) is 9.97 Å². The van der Waals surface area contributed by atoms with Crippen LogP contribution in [-0.4, -0.2) is 15.0 Å². The third-order valence-electron chi connectivity index (χ3n) is 10.2. The van der Waals surface area contributed by atoms with Crippen LogP contribution in [0.25, 0.3) is 78.1 Å². The van der Waals surface area contributed by atoms with Crippen molar-refractivity contribution in [1.29, 1.82) is 5.26 Å². The van der Waals surface area contributed by atoms with E-state index in [2.05, 4.69) is 122 Å². The van der Waals surface area contributed by atoms with Gasteiger partial charge in [-0.1, -0.05) is 117 Å². The van der Waals surface area contributed by atoms with Crippen molar-refractivity contribution in [3.63, 3.8) is 0 Å². The molecule has 0 bridgehead atoms. The third-order valence-corrected chi connectivity index (χ3v) is 10.2. The molecule has 0 radical (unpaired) electrons. The molecule has 0 amide bonds. The molecular formula is C47H32N4. The Morgan fingerprint density at radius 1 is 0.510 bits per heavy atom. The normalized spacial score (nSPS) is 12.6. The monoisotopic (exact) mass is 652 g/mol. The van der Waals surface area contributed by atoms with E-state index in [9.17, 15) is 5.26 Å². The highest BCUT2D eigenvalue weighted by Gasteiger charge is 2.37. The molecule has 8 aromatic rings. The van der Waals surface area contributed by atoms with Gasteiger partial charge in [0.2, 0.25) is 0 Å². The van der Waals surface area contributed by atoms with E-state index in [0.29, 0.717) is 11.4 Å². The van der Waals surface area contributed by atoms with Crippen molar-refractivity contribution in [2.45, 2.75) is 19.3 Å². The Kier molecular flexibility index (Phi) is 7.15. The Bertz CT molecular complexity index is 2600. The number of benzene rings is 6. The van der Waals surface area contributed by atoms with Crippen LogP contribution in [0.2, 0.25) is 0 Å². The number of aromatic nitrogens is 3. The fraction of sp³-hybridized carbons (Fsp3) is 0.0638. The number of fused-ring (bicyclic) bond motifs is 5. The van der Waals surface area contributed by atoms with Crippen LogP contribution >= 0.6 is 0 Å². The lowest BCUT2D eigenvalue weighted by Crippen LogP contribution is -2.15. The molecule has 1 aliphatic rings. The summed E-state index contributed by atoms with van der Waals surface area (Å²) in [5.41, 5.74) is 14.3. The highest BCUT2D eigenvalue weighted by atomic mass is 14.9. The molecule has 2 heterocycles. The first-order chi connectivity index (χ1) is 25.0. The van der Waals surface area contributed by atoms with Gasteiger partial charge in [-0.05, 0) is 92.2 Å². The van der Waals surface area contributed by atoms with Crippen molar-refractivity contribution < 1.29 is 0 Å². The van der Waals surface area contributed by atoms with Gasteiger partial charge in [-0.3, -0.25) is 4.98 Å². The van der Waals surface area contributed by atoms with Gasteiger partial charge in [-0.15, -0.1) is 0 Å². The molecule has 0 saturated carbocycles. The van der Waals surface area contributed by atoms with Crippen LogP contribution in [-0.2, 0) is 5.41 Å². The Morgan fingerprint density at radius 2 is 1.14 bits per heavy atom. The first kappa shape index (κ1) is 30.4. The van der Waals surface area contributed by atoms with Crippen LogP contribution in [0.15, 0.2) is 158 Å². The highest BCUT2D eigenvalue weighted by molar-refractivity contribution is 6.01. The summed E-state index contributed by atoms with van der Waals surface area (Å²) in [4.78, 5) is 14.7. The summed E-state index contributed by atoms with van der Waals surface area (Å²) < 4.78 is 0. The summed E-state index contributed by atoms with van der Waals surface area (Å²) >= 11 is 0. The van der Waals surface area contributed by atoms with E-state index in [4.69, 9.17) is 9.97 Å². The topological polar surface area (TPSA) is 62.5 Å². The predicted molar refractivity (Wildman–Crippen MR) is 207 cm³/mol. The van der Waals surface area contributed by atoms with Crippen molar-refractivity contribution >= 4 is 10.8 Å². The molecule has 0 spiro atoms. The third kappa shape index (κ3) is 5.19. The van der Waals surface area contributed by atoms with Gasteiger partial charge < -0.3 is 0 Å². The maximum absolute atomic E-state index is 10.1. The molecule has 1 aliphatic carbocycles. The average molecular weight is 653 g/mol. The standard InChI is InChI=1S/C47H32N4/c1-47(2)42-26-32(19-20-39(42)41-25-37(28-48)38-17-9-10-18-40(38)45(41)47)34-22-35(33-16-11-21-49-29-33)24-36(23-34)44-27-43(30-12-5-3-6-13-30)50-46(51-44)31-14-7-4-8-15-31/h3-27,29H,1-2H3. The molecule has 0 aliphatic heterocycles. The quantitative estimate of drug-likeness (QED) is 0.186. The number of pyridine rings is 1. The van der Waals surface area contributed by atoms with Crippen LogP contribution < -0.4 is 0 Å². The van der Waals surface area contributed by atoms with Gasteiger partial charge in [0.1, 0.15) is 0 Å². The lowest BCUT2D eigenvalue weighted by Gasteiger charge is -2.24. The average Bonchev–Trinajstić information content (AvgIpc) is 3.43. The van der Waals surface area contributed by atoms with Crippen LogP contribution in [0.5, 0.6) is 0 Å². The zero-order valence-electron chi connectivity index (χ0n) is 28.3. The van der Waals surface area contributed by atoms with E-state index in [1.54, 1.807) is 6.20 Å². The number of nitriles is 1. The summed E-state index contributed by atoms with van der Waals surface area (Å²) in [7, 11) is 0. The second-order valence-electron chi connectivity index (χ2n) is 13.6. The van der Waals surface area contributed by atoms with Gasteiger partial charge in [0.05, 0.1) is 23.0 Å². The fourth-order valence-electron chi connectivity index (χ4n) is 7.67. The summed E-state index contributed by atoms with van der Waals surface area (Å²) in [5.74, 6) is 0.682. The minimum Gasteiger partial charge on any atom is -0.264 e. The molecular weight excluding hydrogens is 621 g/mol. The molecule has 9 rings (SSSR count). The predicted octanol–water partition coefficient (Wildman–Crippen LogP) is 11.5. The Balaban J connectivity index is 1.24. The van der Waals surface area contributed by atoms with Crippen LogP contribution in [0.3, 0.4) is 0 Å². The molecule has 2 aromatic heterocycles. The lowest BCUT2D eigenvalue weighted by molar-refractivity contribution is 0.666. The van der Waals surface area contributed by atoms with Gasteiger partial charge in [0.25, 0.3) is 0 Å². The molecule has 0 N–H and O–H groups in total. The first-order valence-electron chi connectivity index (χ1n) is 17.2. The molecule has 240 valence electrons. The van der Waals surface area contributed by atoms with Gasteiger partial charge in [0, 0.05) is 40.1 Å². The molecule has 4 heteroatoms. The van der Waals surface area contributed by atoms with E-state index in [1.807, 2.05) is 54.7 Å². The van der Waals surface area contributed by atoms with Gasteiger partial charge in [0.15, 0.2) is 5.82 Å². The molecule has 6 aromatic carbocycles. The Morgan fingerprint density at radius 3 is 1.84 bits per heavy atom. The van der Waals surface area contributed by atoms with Gasteiger partial charge >= 0.3 is 0 Å². The minimum absolute atomic E-state index is 0.264. The van der Waals surface area contributed by atoms with E-state index < -0.39 is 0 Å². The molecule has 0 unspecified atom stereocenters. The minimum atomic E-state index is -0.264. The Hall–Kier alpha value is -6.70. The van der Waals surface area contributed by atoms with Crippen molar-refractivity contribution in [2.24, 2.45) is 0 Å². The van der Waals surface area contributed by atoms with Crippen LogP contribution in [0.4, 0.5) is 0 Å². The van der Waals surface area contributed by atoms with Crippen LogP contribution in [0.1, 0.15) is 30.5 Å². The summed E-state index contributed by atoms with van der Waals surface area (Å²) in [6.45, 7) is 4.60. The maximum Gasteiger partial charge on any atom is 0.160 e. The number of nitrogens with zero attached hydrogens (tertiary/aromatic N) is 4. The van der Waals surface area contributed by atoms with E-state index in [-0.39, 0.29) is 5.41 Å². The van der Waals surface area contributed by atoms with Crippen molar-refractivity contribution in [3.05, 3.63) is 175 Å². The van der Waals surface area contributed by atoms with Crippen molar-refractivity contribution in [1.82, 2.24) is 15.0 Å². The fourth-order valence-corrected chi connectivity index (χ4v) is 7.67. The molecule has 0 fully saturated rings. The largest absolute Gasteiger partial charge is 0.264 e. The Labute approximate surface area is 297 Å². The maximum atomic E-state index is 10.1. The molecule has 0 atom stereocenters. The van der Waals surface area contributed by atoms with E-state index in [1.165, 1.54) is 16.7 Å². The second-order valence-corrected chi connectivity index (χ2v) is 13.6. The summed E-state index contributed by atoms with van der Waals surface area (Å²) in [6, 6.07) is 52.9. The second kappa shape index (κ2) is 12.0. The zero-order valence-corrected chi connectivity index (χ0v) is 28.3. The van der Waals surface area contributed by atoms with E-state index in [0.717, 1.165) is 66.7 Å². The molecule has 0 saturated heterocycles. The SMILES string of the molecule is CC1(C)c2cc(-c3cc(-c4cccnc4)cc(-c4cc(-c5ccccc5)nc(-c5ccccc5)n4)c3)ccc2-c2cc(C#N)c3ccccc3c21. The first-order valence-corrected chi connectivity index (χ1v) is 17.2. The van der Waals surface area contributed by atoms with Crippen molar-refractivity contribution in [3.8, 4) is 73.4 Å². The number of hydrogen-bond donors (Lipinski definition) is 0. The summed E-state index contributed by atoms with van der Waals surface area (Å²) in [5, 5.41) is 12.2. The molecule has 4 nitrogen and oxygen atoms in total. The zero-order chi connectivity index (χ0) is 34.5. The lowest BCUT2D eigenvalue weighted by atomic mass is 9.79.